The molecule has 0 spiro atoms. The van der Waals surface area contributed by atoms with Gasteiger partial charge in [0.2, 0.25) is 8.07 Å². The van der Waals surface area contributed by atoms with Crippen LogP contribution in [0.25, 0.3) is 0 Å². The summed E-state index contributed by atoms with van der Waals surface area (Å²) in [5, 5.41) is 15.1. The van der Waals surface area contributed by atoms with Gasteiger partial charge in [0, 0.05) is 0 Å². The SMILES string of the molecule is CC(C)(C)C(=O)OC[C@H]1O[C@H](C#C[Si](c2ccccc2)(c2ccccc2)c2ccccc2)[C@H](O)[C@@H](OC(=O)C(C)(C)C)C1OC(=O)C(C)(C)C. The van der Waals surface area contributed by atoms with Crippen molar-refractivity contribution in [3.05, 3.63) is 91.0 Å². The molecule has 4 rings (SSSR count). The molecule has 8 nitrogen and oxygen atoms in total. The highest BCUT2D eigenvalue weighted by atomic mass is 28.3. The van der Waals surface area contributed by atoms with Crippen LogP contribution in [-0.2, 0) is 33.3 Å². The third-order valence-electron chi connectivity index (χ3n) is 8.38. The topological polar surface area (TPSA) is 108 Å². The smallest absolute Gasteiger partial charge is 0.311 e. The molecule has 0 saturated carbocycles. The fourth-order valence-corrected chi connectivity index (χ4v) is 9.26. The number of carbonyl (C=O) groups excluding carboxylic acids is 3. The minimum absolute atomic E-state index is 0.328. The molecule has 1 N–H and O–H groups in total. The highest BCUT2D eigenvalue weighted by Crippen LogP contribution is 2.31. The highest BCUT2D eigenvalue weighted by molar-refractivity contribution is 7.16. The maximum absolute atomic E-state index is 13.4. The van der Waals surface area contributed by atoms with Crippen LogP contribution in [0, 0.1) is 27.7 Å². The van der Waals surface area contributed by atoms with Crippen LogP contribution in [0.1, 0.15) is 62.3 Å². The van der Waals surface area contributed by atoms with E-state index in [0.29, 0.717) is 0 Å². The molecule has 0 bridgehead atoms. The zero-order valence-electron chi connectivity index (χ0n) is 30.6. The van der Waals surface area contributed by atoms with E-state index >= 15 is 0 Å². The molecule has 0 aromatic heterocycles. The number of ether oxygens (including phenoxy) is 4. The Labute approximate surface area is 297 Å². The van der Waals surface area contributed by atoms with Gasteiger partial charge in [-0.1, -0.05) is 96.9 Å². The average Bonchev–Trinajstić information content (AvgIpc) is 3.06. The molecule has 3 aromatic carbocycles. The van der Waals surface area contributed by atoms with Gasteiger partial charge >= 0.3 is 17.9 Å². The van der Waals surface area contributed by atoms with E-state index in [-0.39, 0.29) is 6.61 Å². The van der Waals surface area contributed by atoms with E-state index in [1.807, 2.05) is 54.6 Å². The summed E-state index contributed by atoms with van der Waals surface area (Å²) in [5.74, 6) is 1.56. The van der Waals surface area contributed by atoms with Gasteiger partial charge in [0.05, 0.1) is 16.2 Å². The molecule has 5 atom stereocenters. The molecule has 0 radical (unpaired) electrons. The lowest BCUT2D eigenvalue weighted by Crippen LogP contribution is -2.67. The molecular weight excluding hydrogens is 649 g/mol. The van der Waals surface area contributed by atoms with Crippen molar-refractivity contribution < 1.29 is 38.4 Å². The Morgan fingerprint density at radius 2 is 1.02 bits per heavy atom. The Hall–Kier alpha value is -4.23. The van der Waals surface area contributed by atoms with Gasteiger partial charge in [-0.05, 0) is 77.9 Å². The van der Waals surface area contributed by atoms with Crippen LogP contribution in [0.3, 0.4) is 0 Å². The molecule has 1 heterocycles. The fourth-order valence-electron chi connectivity index (χ4n) is 5.39. The Balaban J connectivity index is 1.90. The Morgan fingerprint density at radius 1 is 0.640 bits per heavy atom. The number of hydrogen-bond acceptors (Lipinski definition) is 8. The quantitative estimate of drug-likeness (QED) is 0.128. The summed E-state index contributed by atoms with van der Waals surface area (Å²) in [7, 11) is -3.10. The van der Waals surface area contributed by atoms with Gasteiger partial charge in [-0.15, -0.1) is 5.54 Å². The molecule has 1 aliphatic rings. The van der Waals surface area contributed by atoms with E-state index in [9.17, 15) is 19.5 Å². The van der Waals surface area contributed by atoms with Crippen LogP contribution < -0.4 is 15.6 Å². The summed E-state index contributed by atoms with van der Waals surface area (Å²) in [5.41, 5.74) is 0.926. The van der Waals surface area contributed by atoms with Crippen molar-refractivity contribution in [2.45, 2.75) is 92.8 Å². The third kappa shape index (κ3) is 8.91. The minimum atomic E-state index is -3.10. The van der Waals surface area contributed by atoms with Crippen molar-refractivity contribution in [2.75, 3.05) is 6.61 Å². The summed E-state index contributed by atoms with van der Waals surface area (Å²) >= 11 is 0. The van der Waals surface area contributed by atoms with Crippen molar-refractivity contribution >= 4 is 41.5 Å². The molecule has 266 valence electrons. The molecule has 1 saturated heterocycles. The monoisotopic (exact) mass is 698 g/mol. The van der Waals surface area contributed by atoms with Gasteiger partial charge in [-0.25, -0.2) is 0 Å². The van der Waals surface area contributed by atoms with E-state index in [0.717, 1.165) is 15.6 Å². The molecule has 1 aliphatic heterocycles. The molecule has 3 aromatic rings. The van der Waals surface area contributed by atoms with Crippen molar-refractivity contribution in [2.24, 2.45) is 16.2 Å². The summed E-state index contributed by atoms with van der Waals surface area (Å²) in [6.07, 6.45) is -6.52. The van der Waals surface area contributed by atoms with Crippen molar-refractivity contribution in [1.82, 2.24) is 0 Å². The van der Waals surface area contributed by atoms with E-state index in [2.05, 4.69) is 47.9 Å². The van der Waals surface area contributed by atoms with Crippen LogP contribution in [0.15, 0.2) is 91.0 Å². The number of hydrogen-bond donors (Lipinski definition) is 1. The number of carbonyl (C=O) groups is 3. The first-order valence-electron chi connectivity index (χ1n) is 17.0. The van der Waals surface area contributed by atoms with Gasteiger partial charge in [-0.2, -0.15) is 0 Å². The highest BCUT2D eigenvalue weighted by Gasteiger charge is 2.52. The maximum Gasteiger partial charge on any atom is 0.311 e. The number of aliphatic hydroxyl groups excluding tert-OH is 1. The van der Waals surface area contributed by atoms with Crippen LogP contribution in [-0.4, -0.2) is 68.2 Å². The lowest BCUT2D eigenvalue weighted by molar-refractivity contribution is -0.244. The zero-order valence-corrected chi connectivity index (χ0v) is 31.6. The molecule has 0 amide bonds. The van der Waals surface area contributed by atoms with Gasteiger partial charge in [-0.3, -0.25) is 14.4 Å². The summed E-state index contributed by atoms with van der Waals surface area (Å²) in [6, 6.07) is 30.1. The lowest BCUT2D eigenvalue weighted by atomic mass is 9.92. The summed E-state index contributed by atoms with van der Waals surface area (Å²) < 4.78 is 24.0. The van der Waals surface area contributed by atoms with Crippen molar-refractivity contribution in [3.63, 3.8) is 0 Å². The van der Waals surface area contributed by atoms with Crippen molar-refractivity contribution in [3.8, 4) is 11.5 Å². The minimum Gasteiger partial charge on any atom is -0.462 e. The first kappa shape index (κ1) is 38.6. The van der Waals surface area contributed by atoms with E-state index in [1.165, 1.54) is 0 Å². The van der Waals surface area contributed by atoms with E-state index < -0.39 is 72.7 Å². The molecule has 0 aliphatic carbocycles. The second-order valence-corrected chi connectivity index (χ2v) is 19.3. The molecule has 1 unspecified atom stereocenters. The Morgan fingerprint density at radius 3 is 1.40 bits per heavy atom. The number of benzene rings is 3. The molecule has 1 fully saturated rings. The first-order valence-corrected chi connectivity index (χ1v) is 19.0. The summed E-state index contributed by atoms with van der Waals surface area (Å²) in [6.45, 7) is 15.0. The molecular formula is C41H50O8Si. The van der Waals surface area contributed by atoms with E-state index in [1.54, 1.807) is 62.3 Å². The molecule has 50 heavy (non-hydrogen) atoms. The number of esters is 3. The first-order chi connectivity index (χ1) is 23.4. The van der Waals surface area contributed by atoms with Gasteiger partial charge < -0.3 is 24.1 Å². The predicted octanol–water partition coefficient (Wildman–Crippen LogP) is 4.33. The van der Waals surface area contributed by atoms with Gasteiger partial charge in [0.25, 0.3) is 0 Å². The lowest BCUT2D eigenvalue weighted by Gasteiger charge is -2.43. The predicted molar refractivity (Wildman–Crippen MR) is 196 cm³/mol. The average molecular weight is 699 g/mol. The van der Waals surface area contributed by atoms with Gasteiger partial charge in [0.1, 0.15) is 24.9 Å². The van der Waals surface area contributed by atoms with Crippen LogP contribution in [0.4, 0.5) is 0 Å². The Bertz CT molecular complexity index is 1580. The third-order valence-corrected chi connectivity index (χ3v) is 12.5. The van der Waals surface area contributed by atoms with Crippen LogP contribution in [0.5, 0.6) is 0 Å². The maximum atomic E-state index is 13.4. The Kier molecular flexibility index (Phi) is 11.8. The fraction of sp³-hybridized carbons (Fsp3) is 0.439. The molecule has 9 heteroatoms. The van der Waals surface area contributed by atoms with E-state index in [4.69, 9.17) is 18.9 Å². The zero-order chi connectivity index (χ0) is 36.9. The standard InChI is InChI=1S/C41H50O8Si/c1-39(2,3)36(43)46-27-32-34(48-37(44)40(4,5)6)35(49-38(45)41(7,8)9)33(42)31(47-32)25-26-50(28-19-13-10-14-20-28,29-21-15-11-16-22-29)30-23-17-12-18-24-30/h10-24,31-35,42H,27H2,1-9H3/t31-,32-,33+,34?,35-/m1/s1. The number of aliphatic hydroxyl groups is 1. The summed E-state index contributed by atoms with van der Waals surface area (Å²) in [4.78, 5) is 39.6. The van der Waals surface area contributed by atoms with Crippen LogP contribution in [0.2, 0.25) is 0 Å². The second-order valence-electron chi connectivity index (χ2n) is 15.8. The largest absolute Gasteiger partial charge is 0.462 e. The number of rotatable bonds is 7. The second kappa shape index (κ2) is 15.3. The normalized spacial score (nSPS) is 21.3. The van der Waals surface area contributed by atoms with Crippen LogP contribution >= 0.6 is 0 Å². The van der Waals surface area contributed by atoms with Gasteiger partial charge in [0.15, 0.2) is 12.2 Å². The van der Waals surface area contributed by atoms with Crippen molar-refractivity contribution in [1.29, 1.82) is 0 Å².